The number of ether oxygens (including phenoxy) is 2. The summed E-state index contributed by atoms with van der Waals surface area (Å²) in [5.41, 5.74) is 3.16. The monoisotopic (exact) mass is 513 g/mol. The minimum atomic E-state index is -0.247. The van der Waals surface area contributed by atoms with Crippen LogP contribution in [0.3, 0.4) is 0 Å². The van der Waals surface area contributed by atoms with Crippen molar-refractivity contribution >= 4 is 55.3 Å². The van der Waals surface area contributed by atoms with Crippen LogP contribution >= 0.6 is 23.1 Å². The number of carbonyl (C=O) groups excluding carboxylic acids is 1. The molecule has 2 fully saturated rings. The highest BCUT2D eigenvalue weighted by molar-refractivity contribution is 8.00. The topological polar surface area (TPSA) is 80.7 Å². The summed E-state index contributed by atoms with van der Waals surface area (Å²) < 4.78 is 12.8. The van der Waals surface area contributed by atoms with Crippen LogP contribution < -0.4 is 4.90 Å². The van der Waals surface area contributed by atoms with Gasteiger partial charge < -0.3 is 19.3 Å². The number of thioether (sulfide) groups is 1. The maximum atomic E-state index is 12.8. The summed E-state index contributed by atoms with van der Waals surface area (Å²) in [5.74, 6) is 1.62. The number of anilines is 1. The number of carbonyl (C=O) groups is 1. The van der Waals surface area contributed by atoms with Gasteiger partial charge in [0.15, 0.2) is 0 Å². The molecule has 6 heterocycles. The van der Waals surface area contributed by atoms with Crippen molar-refractivity contribution in [1.29, 1.82) is 0 Å². The molecule has 0 bridgehead atoms. The number of nitrogens with zero attached hydrogens (tertiary/aromatic N) is 5. The molecule has 6 rings (SSSR count). The smallest absolute Gasteiger partial charge is 0.232 e. The van der Waals surface area contributed by atoms with Gasteiger partial charge in [0, 0.05) is 43.5 Å². The Labute approximate surface area is 213 Å². The molecule has 35 heavy (non-hydrogen) atoms. The molecule has 2 saturated heterocycles. The van der Waals surface area contributed by atoms with Gasteiger partial charge in [0.05, 0.1) is 41.4 Å². The van der Waals surface area contributed by atoms with Crippen LogP contribution in [0.1, 0.15) is 44.2 Å². The van der Waals surface area contributed by atoms with Gasteiger partial charge in [-0.25, -0.2) is 15.0 Å². The van der Waals surface area contributed by atoms with Gasteiger partial charge in [0.1, 0.15) is 22.0 Å². The van der Waals surface area contributed by atoms with Crippen LogP contribution in [-0.4, -0.2) is 76.5 Å². The maximum absolute atomic E-state index is 12.8. The summed E-state index contributed by atoms with van der Waals surface area (Å²) in [4.78, 5) is 32.6. The van der Waals surface area contributed by atoms with Crippen molar-refractivity contribution in [2.75, 3.05) is 50.0 Å². The second-order valence-corrected chi connectivity index (χ2v) is 12.0. The molecule has 0 atom stereocenters. The Bertz CT molecular complexity index is 1270. The van der Waals surface area contributed by atoms with E-state index >= 15 is 0 Å². The highest BCUT2D eigenvalue weighted by Crippen LogP contribution is 2.44. The summed E-state index contributed by atoms with van der Waals surface area (Å²) in [7, 11) is 0. The third kappa shape index (κ3) is 4.50. The normalized spacial score (nSPS) is 20.4. The van der Waals surface area contributed by atoms with Crippen LogP contribution in [0.4, 0.5) is 5.82 Å². The van der Waals surface area contributed by atoms with Crippen molar-refractivity contribution in [2.24, 2.45) is 0 Å². The van der Waals surface area contributed by atoms with Gasteiger partial charge in [-0.05, 0) is 38.7 Å². The van der Waals surface area contributed by atoms with Crippen molar-refractivity contribution < 1.29 is 14.3 Å². The van der Waals surface area contributed by atoms with Crippen molar-refractivity contribution in [2.45, 2.75) is 56.8 Å². The number of amides is 1. The summed E-state index contributed by atoms with van der Waals surface area (Å²) in [6.45, 7) is 9.68. The van der Waals surface area contributed by atoms with Crippen LogP contribution in [0, 0.1) is 0 Å². The molecule has 3 aromatic heterocycles. The number of fused-ring (bicyclic) bond motifs is 5. The van der Waals surface area contributed by atoms with E-state index in [0.29, 0.717) is 25.6 Å². The number of thiophene rings is 1. The van der Waals surface area contributed by atoms with E-state index in [1.165, 1.54) is 29.3 Å². The summed E-state index contributed by atoms with van der Waals surface area (Å²) in [6, 6.07) is 0. The predicted octanol–water partition coefficient (Wildman–Crippen LogP) is 4.03. The SMILES string of the molecule is CC1(C)Cc2c(c(N3CCOCC3)nc3sc4c(SCC(=O)N5CCCCC5)ncnc4c23)CO1. The fourth-order valence-electron chi connectivity index (χ4n) is 5.27. The number of hydrogen-bond donors (Lipinski definition) is 0. The first-order valence-corrected chi connectivity index (χ1v) is 14.3. The molecule has 186 valence electrons. The van der Waals surface area contributed by atoms with E-state index in [1.54, 1.807) is 17.7 Å². The first-order chi connectivity index (χ1) is 17.0. The summed E-state index contributed by atoms with van der Waals surface area (Å²) in [5, 5.41) is 2.00. The molecule has 0 saturated carbocycles. The zero-order valence-corrected chi connectivity index (χ0v) is 22.0. The lowest BCUT2D eigenvalue weighted by Gasteiger charge is -2.36. The first-order valence-electron chi connectivity index (χ1n) is 12.5. The van der Waals surface area contributed by atoms with E-state index in [2.05, 4.69) is 23.7 Å². The van der Waals surface area contributed by atoms with Crippen LogP contribution in [0.25, 0.3) is 20.4 Å². The largest absolute Gasteiger partial charge is 0.378 e. The van der Waals surface area contributed by atoms with E-state index < -0.39 is 0 Å². The molecule has 3 aromatic rings. The fraction of sp³-hybridized carbons (Fsp3) is 0.600. The quantitative estimate of drug-likeness (QED) is 0.382. The lowest BCUT2D eigenvalue weighted by Crippen LogP contribution is -2.39. The Kier molecular flexibility index (Phi) is 6.32. The summed E-state index contributed by atoms with van der Waals surface area (Å²) >= 11 is 3.17. The lowest BCUT2D eigenvalue weighted by molar-refractivity contribution is -0.129. The Morgan fingerprint density at radius 2 is 1.91 bits per heavy atom. The van der Waals surface area contributed by atoms with Crippen molar-refractivity contribution in [1.82, 2.24) is 19.9 Å². The molecule has 10 heteroatoms. The number of morpholine rings is 1. The Morgan fingerprint density at radius 1 is 1.11 bits per heavy atom. The van der Waals surface area contributed by atoms with Crippen molar-refractivity contribution in [3.05, 3.63) is 17.5 Å². The predicted molar refractivity (Wildman–Crippen MR) is 139 cm³/mol. The minimum Gasteiger partial charge on any atom is -0.378 e. The molecule has 0 aromatic carbocycles. The lowest BCUT2D eigenvalue weighted by atomic mass is 9.90. The molecule has 3 aliphatic heterocycles. The fourth-order valence-corrected chi connectivity index (χ4v) is 7.41. The van der Waals surface area contributed by atoms with E-state index in [9.17, 15) is 4.79 Å². The number of hydrogen-bond acceptors (Lipinski definition) is 9. The Hall–Kier alpha value is -2.01. The van der Waals surface area contributed by atoms with Crippen LogP contribution in [-0.2, 0) is 27.3 Å². The Morgan fingerprint density at radius 3 is 2.71 bits per heavy atom. The molecular formula is C25H31N5O3S2. The van der Waals surface area contributed by atoms with Crippen LogP contribution in [0.5, 0.6) is 0 Å². The van der Waals surface area contributed by atoms with Gasteiger partial charge >= 0.3 is 0 Å². The first kappa shape index (κ1) is 23.4. The minimum absolute atomic E-state index is 0.201. The van der Waals surface area contributed by atoms with Gasteiger partial charge in [-0.1, -0.05) is 11.8 Å². The zero-order valence-electron chi connectivity index (χ0n) is 20.3. The maximum Gasteiger partial charge on any atom is 0.232 e. The van der Waals surface area contributed by atoms with E-state index in [4.69, 9.17) is 19.4 Å². The van der Waals surface area contributed by atoms with Crippen LogP contribution in [0.2, 0.25) is 0 Å². The molecule has 0 spiro atoms. The summed E-state index contributed by atoms with van der Waals surface area (Å²) in [6.07, 6.45) is 5.87. The number of likely N-dealkylation sites (tertiary alicyclic amines) is 1. The third-order valence-electron chi connectivity index (χ3n) is 7.13. The molecule has 0 radical (unpaired) electrons. The second-order valence-electron chi connectivity index (χ2n) is 10.1. The number of aromatic nitrogens is 3. The highest BCUT2D eigenvalue weighted by atomic mass is 32.2. The van der Waals surface area contributed by atoms with E-state index in [-0.39, 0.29) is 11.5 Å². The highest BCUT2D eigenvalue weighted by Gasteiger charge is 2.33. The molecule has 1 amide bonds. The molecule has 3 aliphatic rings. The van der Waals surface area contributed by atoms with Gasteiger partial charge in [-0.2, -0.15) is 0 Å². The number of piperidine rings is 1. The van der Waals surface area contributed by atoms with Gasteiger partial charge in [-0.3, -0.25) is 4.79 Å². The number of rotatable bonds is 4. The van der Waals surface area contributed by atoms with Crippen LogP contribution in [0.15, 0.2) is 11.4 Å². The number of pyridine rings is 1. The zero-order chi connectivity index (χ0) is 24.0. The second kappa shape index (κ2) is 9.46. The van der Waals surface area contributed by atoms with Crippen molar-refractivity contribution in [3.63, 3.8) is 0 Å². The average Bonchev–Trinajstić information content (AvgIpc) is 3.26. The molecule has 8 nitrogen and oxygen atoms in total. The van der Waals surface area contributed by atoms with Gasteiger partial charge in [0.25, 0.3) is 0 Å². The third-order valence-corrected chi connectivity index (χ3v) is 9.31. The standard InChI is InChI=1S/C25H31N5O3S2/c1-25(2)12-16-17(13-33-25)22(30-8-10-32-11-9-30)28-23-19(16)20-21(35-23)24(27-15-26-20)34-14-18(31)29-6-4-3-5-7-29/h15H,3-14H2,1-2H3. The Balaban J connectivity index is 1.41. The molecule has 0 N–H and O–H groups in total. The molecular weight excluding hydrogens is 482 g/mol. The van der Waals surface area contributed by atoms with E-state index in [1.807, 2.05) is 4.90 Å². The van der Waals surface area contributed by atoms with Crippen molar-refractivity contribution in [3.8, 4) is 0 Å². The van der Waals surface area contributed by atoms with E-state index in [0.717, 1.165) is 76.7 Å². The van der Waals surface area contributed by atoms with Gasteiger partial charge in [-0.15, -0.1) is 11.3 Å². The average molecular weight is 514 g/mol. The molecule has 0 aliphatic carbocycles. The van der Waals surface area contributed by atoms with Gasteiger partial charge in [0.2, 0.25) is 5.91 Å². The molecule has 0 unspecified atom stereocenters.